The first kappa shape index (κ1) is 11.1. The lowest BCUT2D eigenvalue weighted by molar-refractivity contribution is -0.133. The zero-order chi connectivity index (χ0) is 12.2. The molecule has 2 aliphatic rings. The van der Waals surface area contributed by atoms with Gasteiger partial charge in [0.25, 0.3) is 0 Å². The Morgan fingerprint density at radius 3 is 3.00 bits per heavy atom. The van der Waals surface area contributed by atoms with Gasteiger partial charge < -0.3 is 4.42 Å². The van der Waals surface area contributed by atoms with Crippen molar-refractivity contribution < 1.29 is 9.21 Å². The van der Waals surface area contributed by atoms with Crippen molar-refractivity contribution >= 4 is 5.78 Å². The van der Waals surface area contributed by atoms with Crippen LogP contribution in [0.3, 0.4) is 0 Å². The molecule has 1 aromatic heterocycles. The van der Waals surface area contributed by atoms with Gasteiger partial charge in [-0.25, -0.2) is 0 Å². The number of carbonyl (C=O) groups excluding carboxylic acids is 1. The highest BCUT2D eigenvalue weighted by molar-refractivity contribution is 5.83. The molecule has 92 valence electrons. The van der Waals surface area contributed by atoms with Gasteiger partial charge in [-0.1, -0.05) is 13.8 Å². The number of rotatable bonds is 0. The summed E-state index contributed by atoms with van der Waals surface area (Å²) in [6, 6.07) is 0. The molecule has 0 spiro atoms. The van der Waals surface area contributed by atoms with Gasteiger partial charge in [0.15, 0.2) is 0 Å². The number of Topliss-reactive ketones (excluding diaryl/α,β-unsaturated/α-hetero) is 1. The van der Waals surface area contributed by atoms with E-state index in [0.29, 0.717) is 11.7 Å². The van der Waals surface area contributed by atoms with Gasteiger partial charge in [-0.05, 0) is 42.2 Å². The molecular formula is C15H20O2. The van der Waals surface area contributed by atoms with E-state index in [-0.39, 0.29) is 11.3 Å². The van der Waals surface area contributed by atoms with Gasteiger partial charge in [0.1, 0.15) is 11.5 Å². The summed E-state index contributed by atoms with van der Waals surface area (Å²) in [5.74, 6) is 2.33. The van der Waals surface area contributed by atoms with E-state index in [9.17, 15) is 4.79 Å². The molecule has 0 amide bonds. The van der Waals surface area contributed by atoms with Crippen LogP contribution in [0.25, 0.3) is 0 Å². The fourth-order valence-corrected chi connectivity index (χ4v) is 3.72. The summed E-state index contributed by atoms with van der Waals surface area (Å²) in [5, 5.41) is 0. The predicted octanol–water partition coefficient (Wildman–Crippen LogP) is 3.31. The molecule has 2 heteroatoms. The Labute approximate surface area is 102 Å². The van der Waals surface area contributed by atoms with Gasteiger partial charge in [-0.2, -0.15) is 0 Å². The predicted molar refractivity (Wildman–Crippen MR) is 65.9 cm³/mol. The Hall–Kier alpha value is -1.05. The number of hydrogen-bond acceptors (Lipinski definition) is 2. The van der Waals surface area contributed by atoms with Crippen molar-refractivity contribution in [1.29, 1.82) is 0 Å². The van der Waals surface area contributed by atoms with Gasteiger partial charge in [0.05, 0.1) is 6.26 Å². The summed E-state index contributed by atoms with van der Waals surface area (Å²) < 4.78 is 5.61. The lowest BCUT2D eigenvalue weighted by Gasteiger charge is -2.47. The fourth-order valence-electron chi connectivity index (χ4n) is 3.72. The molecule has 1 saturated carbocycles. The highest BCUT2D eigenvalue weighted by Crippen LogP contribution is 2.51. The molecule has 2 nitrogen and oxygen atoms in total. The Kier molecular flexibility index (Phi) is 2.26. The van der Waals surface area contributed by atoms with Gasteiger partial charge in [-0.15, -0.1) is 0 Å². The minimum atomic E-state index is 0.150. The SMILES string of the molecule is Cc1coc2c1C[C@@]1(C)C(C2)C(=O)CC[C@@H]1C. The molecule has 0 aromatic carbocycles. The maximum atomic E-state index is 12.2. The summed E-state index contributed by atoms with van der Waals surface area (Å²) in [6.45, 7) is 6.72. The molecule has 17 heavy (non-hydrogen) atoms. The largest absolute Gasteiger partial charge is 0.469 e. The average Bonchev–Trinajstić information content (AvgIpc) is 2.64. The van der Waals surface area contributed by atoms with Crippen LogP contribution >= 0.6 is 0 Å². The molecule has 1 heterocycles. The van der Waals surface area contributed by atoms with Crippen LogP contribution in [0.4, 0.5) is 0 Å². The van der Waals surface area contributed by atoms with Gasteiger partial charge >= 0.3 is 0 Å². The van der Waals surface area contributed by atoms with Crippen LogP contribution in [0, 0.1) is 24.2 Å². The van der Waals surface area contributed by atoms with Crippen LogP contribution in [0.15, 0.2) is 10.7 Å². The third-order valence-electron chi connectivity index (χ3n) is 5.27. The first-order valence-corrected chi connectivity index (χ1v) is 6.61. The highest BCUT2D eigenvalue weighted by atomic mass is 16.3. The number of furan rings is 1. The van der Waals surface area contributed by atoms with Crippen molar-refractivity contribution in [1.82, 2.24) is 0 Å². The maximum absolute atomic E-state index is 12.2. The first-order chi connectivity index (χ1) is 8.02. The van der Waals surface area contributed by atoms with Crippen LogP contribution in [0.1, 0.15) is 43.6 Å². The van der Waals surface area contributed by atoms with E-state index < -0.39 is 0 Å². The monoisotopic (exact) mass is 232 g/mol. The second kappa shape index (κ2) is 3.47. The zero-order valence-corrected chi connectivity index (χ0v) is 10.9. The minimum absolute atomic E-state index is 0.150. The minimum Gasteiger partial charge on any atom is -0.469 e. The molecule has 1 fully saturated rings. The van der Waals surface area contributed by atoms with Gasteiger partial charge in [-0.3, -0.25) is 4.79 Å². The number of fused-ring (bicyclic) bond motifs is 2. The van der Waals surface area contributed by atoms with Crippen LogP contribution in [-0.2, 0) is 17.6 Å². The molecule has 0 aliphatic heterocycles. The van der Waals surface area contributed by atoms with E-state index in [4.69, 9.17) is 4.42 Å². The molecule has 1 aromatic rings. The van der Waals surface area contributed by atoms with E-state index in [0.717, 1.165) is 31.4 Å². The molecule has 0 radical (unpaired) electrons. The van der Waals surface area contributed by atoms with E-state index in [2.05, 4.69) is 20.8 Å². The molecule has 0 N–H and O–H groups in total. The summed E-state index contributed by atoms with van der Waals surface area (Å²) in [7, 11) is 0. The number of carbonyl (C=O) groups is 1. The maximum Gasteiger partial charge on any atom is 0.137 e. The second-order valence-electron chi connectivity index (χ2n) is 6.17. The van der Waals surface area contributed by atoms with Gasteiger partial charge in [0.2, 0.25) is 0 Å². The van der Waals surface area contributed by atoms with Crippen molar-refractivity contribution in [3.8, 4) is 0 Å². The first-order valence-electron chi connectivity index (χ1n) is 6.61. The average molecular weight is 232 g/mol. The Balaban J connectivity index is 2.07. The molecule has 2 aliphatic carbocycles. The third-order valence-corrected chi connectivity index (χ3v) is 5.27. The number of hydrogen-bond donors (Lipinski definition) is 0. The van der Waals surface area contributed by atoms with Gasteiger partial charge in [0, 0.05) is 18.8 Å². The number of aryl methyl sites for hydroxylation is 1. The van der Waals surface area contributed by atoms with Crippen LogP contribution in [0.2, 0.25) is 0 Å². The summed E-state index contributed by atoms with van der Waals surface area (Å²) >= 11 is 0. The molecule has 0 saturated heterocycles. The third kappa shape index (κ3) is 1.42. The zero-order valence-electron chi connectivity index (χ0n) is 10.9. The lowest BCUT2D eigenvalue weighted by atomic mass is 9.55. The highest BCUT2D eigenvalue weighted by Gasteiger charge is 2.49. The standard InChI is InChI=1S/C15H20O2/c1-9-8-17-14-6-12-13(16)5-4-10(2)15(12,3)7-11(9)14/h8,10,12H,4-7H2,1-3H3/t10-,12?,15+/m0/s1. The van der Waals surface area contributed by atoms with Crippen molar-refractivity contribution in [2.45, 2.75) is 46.5 Å². The Morgan fingerprint density at radius 1 is 1.47 bits per heavy atom. The topological polar surface area (TPSA) is 30.2 Å². The number of ketones is 1. The van der Waals surface area contributed by atoms with Crippen molar-refractivity contribution in [2.24, 2.45) is 17.3 Å². The van der Waals surface area contributed by atoms with E-state index in [1.54, 1.807) is 0 Å². The quantitative estimate of drug-likeness (QED) is 0.687. The van der Waals surface area contributed by atoms with E-state index >= 15 is 0 Å². The Morgan fingerprint density at radius 2 is 2.24 bits per heavy atom. The molecule has 0 bridgehead atoms. The smallest absolute Gasteiger partial charge is 0.137 e. The molecular weight excluding hydrogens is 212 g/mol. The van der Waals surface area contributed by atoms with Crippen LogP contribution < -0.4 is 0 Å². The van der Waals surface area contributed by atoms with Crippen molar-refractivity contribution in [2.75, 3.05) is 0 Å². The normalized spacial score (nSPS) is 36.5. The van der Waals surface area contributed by atoms with E-state index in [1.807, 2.05) is 6.26 Å². The molecule has 1 unspecified atom stereocenters. The van der Waals surface area contributed by atoms with Crippen LogP contribution in [0.5, 0.6) is 0 Å². The van der Waals surface area contributed by atoms with Crippen LogP contribution in [-0.4, -0.2) is 5.78 Å². The summed E-state index contributed by atoms with van der Waals surface area (Å²) in [5.41, 5.74) is 2.77. The molecule has 3 rings (SSSR count). The summed E-state index contributed by atoms with van der Waals surface area (Å²) in [6.07, 6.45) is 5.50. The van der Waals surface area contributed by atoms with Crippen molar-refractivity contribution in [3.63, 3.8) is 0 Å². The van der Waals surface area contributed by atoms with E-state index in [1.165, 1.54) is 11.1 Å². The Bertz CT molecular complexity index is 471. The summed E-state index contributed by atoms with van der Waals surface area (Å²) in [4.78, 5) is 12.2. The fraction of sp³-hybridized carbons (Fsp3) is 0.667. The molecule has 3 atom stereocenters. The lowest BCUT2D eigenvalue weighted by Crippen LogP contribution is -2.47. The second-order valence-corrected chi connectivity index (χ2v) is 6.17. The van der Waals surface area contributed by atoms with Crippen molar-refractivity contribution in [3.05, 3.63) is 23.2 Å².